The summed E-state index contributed by atoms with van der Waals surface area (Å²) in [4.78, 5) is 18.2. The smallest absolute Gasteiger partial charge is 0.266 e. The second-order valence-corrected chi connectivity index (χ2v) is 10.2. The van der Waals surface area contributed by atoms with Crippen LogP contribution in [0.15, 0.2) is 78.9 Å². The number of fused-ring (bicyclic) bond motifs is 1. The van der Waals surface area contributed by atoms with Gasteiger partial charge in [-0.25, -0.2) is 4.98 Å². The highest BCUT2D eigenvalue weighted by Crippen LogP contribution is 2.26. The van der Waals surface area contributed by atoms with Crippen LogP contribution in [0, 0.1) is 3.57 Å². The summed E-state index contributed by atoms with van der Waals surface area (Å²) in [7, 11) is 0. The van der Waals surface area contributed by atoms with Crippen molar-refractivity contribution < 1.29 is 0 Å². The monoisotopic (exact) mass is 684 g/mol. The van der Waals surface area contributed by atoms with Gasteiger partial charge in [-0.3, -0.25) is 9.36 Å². The van der Waals surface area contributed by atoms with E-state index in [0.29, 0.717) is 16.7 Å². The first-order valence-electron chi connectivity index (χ1n) is 8.54. The van der Waals surface area contributed by atoms with Gasteiger partial charge in [0.05, 0.1) is 16.6 Å². The lowest BCUT2D eigenvalue weighted by Gasteiger charge is -2.13. The molecule has 144 valence electrons. The Kier molecular flexibility index (Phi) is 6.38. The van der Waals surface area contributed by atoms with Gasteiger partial charge >= 0.3 is 0 Å². The van der Waals surface area contributed by atoms with E-state index in [2.05, 4.69) is 70.4 Å². The molecule has 1 heterocycles. The summed E-state index contributed by atoms with van der Waals surface area (Å²) in [6, 6.07) is 19.4. The Balaban J connectivity index is 1.99. The van der Waals surface area contributed by atoms with Gasteiger partial charge in [0.15, 0.2) is 0 Å². The normalized spacial score (nSPS) is 11.4. The largest absolute Gasteiger partial charge is 0.268 e. The Morgan fingerprint density at radius 3 is 2.34 bits per heavy atom. The molecular formula is C22H12Br3IN2O. The Bertz CT molecular complexity index is 1310. The van der Waals surface area contributed by atoms with Crippen LogP contribution in [0.25, 0.3) is 28.7 Å². The molecule has 0 atom stereocenters. The third kappa shape index (κ3) is 4.57. The summed E-state index contributed by atoms with van der Waals surface area (Å²) in [5.41, 5.74) is 2.31. The number of nitrogens with zero attached hydrogens (tertiary/aromatic N) is 2. The van der Waals surface area contributed by atoms with Crippen molar-refractivity contribution in [1.82, 2.24) is 9.55 Å². The number of halogens is 4. The van der Waals surface area contributed by atoms with Crippen molar-refractivity contribution in [3.63, 3.8) is 0 Å². The average molecular weight is 687 g/mol. The molecule has 0 saturated carbocycles. The van der Waals surface area contributed by atoms with Gasteiger partial charge in [-0.1, -0.05) is 50.1 Å². The second-order valence-electron chi connectivity index (χ2n) is 6.25. The molecule has 0 aliphatic carbocycles. The number of hydrogen-bond acceptors (Lipinski definition) is 2. The van der Waals surface area contributed by atoms with Gasteiger partial charge in [0, 0.05) is 17.0 Å². The zero-order valence-corrected chi connectivity index (χ0v) is 21.7. The van der Waals surface area contributed by atoms with Crippen LogP contribution in [-0.2, 0) is 0 Å². The van der Waals surface area contributed by atoms with Crippen LogP contribution in [-0.4, -0.2) is 9.55 Å². The minimum Gasteiger partial charge on any atom is -0.268 e. The van der Waals surface area contributed by atoms with Crippen molar-refractivity contribution >= 4 is 93.4 Å². The van der Waals surface area contributed by atoms with Gasteiger partial charge < -0.3 is 0 Å². The fraction of sp³-hybridized carbons (Fsp3) is 0. The number of hydrogen-bond donors (Lipinski definition) is 0. The highest BCUT2D eigenvalue weighted by Gasteiger charge is 2.14. The van der Waals surface area contributed by atoms with E-state index in [1.54, 1.807) is 4.57 Å². The molecule has 3 aromatic carbocycles. The molecule has 0 spiro atoms. The average Bonchev–Trinajstić information content (AvgIpc) is 2.70. The fourth-order valence-electron chi connectivity index (χ4n) is 2.92. The molecule has 7 heteroatoms. The van der Waals surface area contributed by atoms with Crippen molar-refractivity contribution in [3.05, 3.63) is 99.4 Å². The van der Waals surface area contributed by atoms with Crippen LogP contribution in [0.3, 0.4) is 0 Å². The van der Waals surface area contributed by atoms with Crippen LogP contribution < -0.4 is 5.56 Å². The SMILES string of the molecule is O=c1c2cc(I)ccc2nc(C=Cc2ccc(Br)cc2)n1-c1cc(Br)ccc1Br. The predicted octanol–water partition coefficient (Wildman–Crippen LogP) is 7.45. The fourth-order valence-corrected chi connectivity index (χ4v) is 4.45. The van der Waals surface area contributed by atoms with Crippen molar-refractivity contribution in [3.8, 4) is 5.69 Å². The minimum atomic E-state index is -0.109. The molecule has 0 N–H and O–H groups in total. The van der Waals surface area contributed by atoms with E-state index in [1.807, 2.05) is 72.8 Å². The van der Waals surface area contributed by atoms with Crippen LogP contribution in [0.5, 0.6) is 0 Å². The summed E-state index contributed by atoms with van der Waals surface area (Å²) >= 11 is 12.7. The lowest BCUT2D eigenvalue weighted by atomic mass is 10.2. The molecule has 29 heavy (non-hydrogen) atoms. The molecule has 0 saturated heterocycles. The number of rotatable bonds is 3. The first-order chi connectivity index (χ1) is 13.9. The molecule has 0 fully saturated rings. The van der Waals surface area contributed by atoms with Gasteiger partial charge in [0.1, 0.15) is 5.82 Å². The highest BCUT2D eigenvalue weighted by atomic mass is 127. The zero-order valence-electron chi connectivity index (χ0n) is 14.7. The molecule has 0 aliphatic heterocycles. The van der Waals surface area contributed by atoms with E-state index in [1.165, 1.54) is 0 Å². The van der Waals surface area contributed by atoms with Crippen LogP contribution in [0.1, 0.15) is 11.4 Å². The van der Waals surface area contributed by atoms with Crippen LogP contribution in [0.2, 0.25) is 0 Å². The second kappa shape index (κ2) is 8.83. The maximum absolute atomic E-state index is 13.5. The van der Waals surface area contributed by atoms with Crippen molar-refractivity contribution in [1.29, 1.82) is 0 Å². The lowest BCUT2D eigenvalue weighted by molar-refractivity contribution is 0.938. The van der Waals surface area contributed by atoms with Crippen molar-refractivity contribution in [2.24, 2.45) is 0 Å². The van der Waals surface area contributed by atoms with Gasteiger partial charge in [0.25, 0.3) is 5.56 Å². The van der Waals surface area contributed by atoms with Crippen LogP contribution in [0.4, 0.5) is 0 Å². The Labute approximate surface area is 206 Å². The summed E-state index contributed by atoms with van der Waals surface area (Å²) in [5.74, 6) is 0.561. The van der Waals surface area contributed by atoms with Gasteiger partial charge in [-0.15, -0.1) is 0 Å². The van der Waals surface area contributed by atoms with Gasteiger partial charge in [0.2, 0.25) is 0 Å². The Hall–Kier alpha value is -1.29. The number of benzene rings is 3. The zero-order chi connectivity index (χ0) is 20.5. The summed E-state index contributed by atoms with van der Waals surface area (Å²) in [5, 5.41) is 0.588. The Morgan fingerprint density at radius 1 is 0.862 bits per heavy atom. The summed E-state index contributed by atoms with van der Waals surface area (Å²) in [6.07, 6.45) is 3.82. The third-order valence-electron chi connectivity index (χ3n) is 4.30. The maximum atomic E-state index is 13.5. The third-order valence-corrected chi connectivity index (χ3v) is 6.66. The quantitative estimate of drug-likeness (QED) is 0.210. The molecule has 3 nitrogen and oxygen atoms in total. The highest BCUT2D eigenvalue weighted by molar-refractivity contribution is 14.1. The maximum Gasteiger partial charge on any atom is 0.266 e. The predicted molar refractivity (Wildman–Crippen MR) is 139 cm³/mol. The first kappa shape index (κ1) is 21.0. The number of aromatic nitrogens is 2. The van der Waals surface area contributed by atoms with Gasteiger partial charge in [-0.2, -0.15) is 0 Å². The standard InChI is InChI=1S/C22H12Br3IN2O/c23-14-4-1-13(2-5-14)3-10-21-27-19-9-7-16(26)12-17(19)22(29)28(21)20-11-15(24)6-8-18(20)25/h1-12H. The van der Waals surface area contributed by atoms with Gasteiger partial charge in [-0.05, 0) is 98.7 Å². The van der Waals surface area contributed by atoms with Crippen LogP contribution >= 0.6 is 70.4 Å². The Morgan fingerprint density at radius 2 is 1.59 bits per heavy atom. The molecule has 0 unspecified atom stereocenters. The summed E-state index contributed by atoms with van der Waals surface area (Å²) in [6.45, 7) is 0. The van der Waals surface area contributed by atoms with E-state index in [0.717, 1.165) is 28.2 Å². The molecule has 0 bridgehead atoms. The lowest BCUT2D eigenvalue weighted by Crippen LogP contribution is -2.22. The minimum absolute atomic E-state index is 0.109. The van der Waals surface area contributed by atoms with Crippen molar-refractivity contribution in [2.45, 2.75) is 0 Å². The summed E-state index contributed by atoms with van der Waals surface area (Å²) < 4.78 is 5.35. The molecule has 0 aliphatic rings. The van der Waals surface area contributed by atoms with E-state index < -0.39 is 0 Å². The first-order valence-corrected chi connectivity index (χ1v) is 12.0. The molecular weight excluding hydrogens is 675 g/mol. The molecule has 0 amide bonds. The molecule has 1 aromatic heterocycles. The van der Waals surface area contributed by atoms with Crippen molar-refractivity contribution in [2.75, 3.05) is 0 Å². The van der Waals surface area contributed by atoms with E-state index in [4.69, 9.17) is 4.98 Å². The molecule has 4 aromatic rings. The molecule has 4 rings (SSSR count). The topological polar surface area (TPSA) is 34.9 Å². The van der Waals surface area contributed by atoms with E-state index in [9.17, 15) is 4.79 Å². The van der Waals surface area contributed by atoms with E-state index >= 15 is 0 Å². The van der Waals surface area contributed by atoms with E-state index in [-0.39, 0.29) is 5.56 Å². The molecule has 0 radical (unpaired) electrons.